The average Bonchev–Trinajstić information content (AvgIpc) is 2.46. The van der Waals surface area contributed by atoms with Crippen molar-refractivity contribution in [3.8, 4) is 5.75 Å². The molecule has 1 aromatic heterocycles. The molecule has 0 unspecified atom stereocenters. The lowest BCUT2D eigenvalue weighted by Crippen LogP contribution is -1.84. The number of para-hydroxylation sites is 1. The first-order valence-electron chi connectivity index (χ1n) is 6.15. The first-order chi connectivity index (χ1) is 9.33. The lowest BCUT2D eigenvalue weighted by Gasteiger charge is -2.02. The molecule has 0 saturated heterocycles. The van der Waals surface area contributed by atoms with E-state index in [0.717, 1.165) is 16.5 Å². The summed E-state index contributed by atoms with van der Waals surface area (Å²) < 4.78 is 0. The molecular weight excluding hydrogens is 234 g/mol. The van der Waals surface area contributed by atoms with E-state index in [1.54, 1.807) is 6.07 Å². The topological polar surface area (TPSA) is 33.1 Å². The minimum Gasteiger partial charge on any atom is -0.506 e. The minimum atomic E-state index is 0.200. The number of rotatable bonds is 2. The Kier molecular flexibility index (Phi) is 2.99. The Morgan fingerprint density at radius 3 is 2.42 bits per heavy atom. The van der Waals surface area contributed by atoms with Crippen molar-refractivity contribution in [2.24, 2.45) is 0 Å². The van der Waals surface area contributed by atoms with Crippen LogP contribution in [0.2, 0.25) is 0 Å². The quantitative estimate of drug-likeness (QED) is 0.739. The van der Waals surface area contributed by atoms with Gasteiger partial charge in [-0.05, 0) is 23.8 Å². The van der Waals surface area contributed by atoms with Crippen LogP contribution in [0.5, 0.6) is 5.75 Å². The van der Waals surface area contributed by atoms with Gasteiger partial charge in [-0.3, -0.25) is 0 Å². The normalized spacial score (nSPS) is 11.2. The van der Waals surface area contributed by atoms with Crippen molar-refractivity contribution in [2.45, 2.75) is 0 Å². The second kappa shape index (κ2) is 4.94. The predicted molar refractivity (Wildman–Crippen MR) is 78.8 cm³/mol. The number of hydrogen-bond acceptors (Lipinski definition) is 2. The summed E-state index contributed by atoms with van der Waals surface area (Å²) in [5.74, 6) is 0.200. The van der Waals surface area contributed by atoms with Crippen LogP contribution >= 0.6 is 0 Å². The fourth-order valence-electron chi connectivity index (χ4n) is 1.98. The van der Waals surface area contributed by atoms with Crippen LogP contribution in [-0.2, 0) is 0 Å². The molecule has 0 atom stereocenters. The van der Waals surface area contributed by atoms with E-state index in [9.17, 15) is 5.11 Å². The summed E-state index contributed by atoms with van der Waals surface area (Å²) in [6.45, 7) is 0. The SMILES string of the molecule is Oc1cc2ccccc2nc1/C=C/c1ccccc1. The van der Waals surface area contributed by atoms with Crippen LogP contribution in [0.25, 0.3) is 23.1 Å². The number of benzene rings is 2. The summed E-state index contributed by atoms with van der Waals surface area (Å²) in [5.41, 5.74) is 2.55. The summed E-state index contributed by atoms with van der Waals surface area (Å²) in [6, 6.07) is 19.4. The molecule has 0 aliphatic rings. The number of nitrogens with zero attached hydrogens (tertiary/aromatic N) is 1. The van der Waals surface area contributed by atoms with Crippen molar-refractivity contribution in [3.63, 3.8) is 0 Å². The van der Waals surface area contributed by atoms with Gasteiger partial charge in [-0.15, -0.1) is 0 Å². The van der Waals surface area contributed by atoms with E-state index in [0.29, 0.717) is 5.69 Å². The Balaban J connectivity index is 2.01. The highest BCUT2D eigenvalue weighted by molar-refractivity contribution is 5.83. The van der Waals surface area contributed by atoms with Gasteiger partial charge in [-0.2, -0.15) is 0 Å². The molecule has 0 aliphatic carbocycles. The van der Waals surface area contributed by atoms with Crippen LogP contribution in [-0.4, -0.2) is 10.1 Å². The highest BCUT2D eigenvalue weighted by Crippen LogP contribution is 2.23. The van der Waals surface area contributed by atoms with Crippen molar-refractivity contribution in [2.75, 3.05) is 0 Å². The zero-order valence-electron chi connectivity index (χ0n) is 10.3. The lowest BCUT2D eigenvalue weighted by atomic mass is 10.1. The van der Waals surface area contributed by atoms with Gasteiger partial charge in [-0.25, -0.2) is 4.98 Å². The lowest BCUT2D eigenvalue weighted by molar-refractivity contribution is 0.472. The van der Waals surface area contributed by atoms with Gasteiger partial charge >= 0.3 is 0 Å². The largest absolute Gasteiger partial charge is 0.506 e. The summed E-state index contributed by atoms with van der Waals surface area (Å²) in [6.07, 6.45) is 3.77. The smallest absolute Gasteiger partial charge is 0.141 e. The Labute approximate surface area is 111 Å². The van der Waals surface area contributed by atoms with Crippen LogP contribution in [0, 0.1) is 0 Å². The molecule has 0 amide bonds. The molecule has 3 aromatic rings. The van der Waals surface area contributed by atoms with Gasteiger partial charge in [0.2, 0.25) is 0 Å². The zero-order valence-corrected chi connectivity index (χ0v) is 10.3. The van der Waals surface area contributed by atoms with Gasteiger partial charge in [-0.1, -0.05) is 54.6 Å². The number of fused-ring (bicyclic) bond motifs is 1. The Hall–Kier alpha value is -2.61. The fraction of sp³-hybridized carbons (Fsp3) is 0. The van der Waals surface area contributed by atoms with Crippen LogP contribution in [0.15, 0.2) is 60.7 Å². The Morgan fingerprint density at radius 2 is 1.58 bits per heavy atom. The maximum atomic E-state index is 9.97. The highest BCUT2D eigenvalue weighted by Gasteiger charge is 2.02. The molecule has 2 nitrogen and oxygen atoms in total. The van der Waals surface area contributed by atoms with Gasteiger partial charge in [0.15, 0.2) is 0 Å². The summed E-state index contributed by atoms with van der Waals surface area (Å²) in [7, 11) is 0. The third-order valence-electron chi connectivity index (χ3n) is 2.97. The zero-order chi connectivity index (χ0) is 13.1. The third-order valence-corrected chi connectivity index (χ3v) is 2.97. The maximum Gasteiger partial charge on any atom is 0.141 e. The molecule has 0 fully saturated rings. The predicted octanol–water partition coefficient (Wildman–Crippen LogP) is 4.11. The van der Waals surface area contributed by atoms with Gasteiger partial charge < -0.3 is 5.11 Å². The second-order valence-electron chi connectivity index (χ2n) is 4.33. The average molecular weight is 247 g/mol. The van der Waals surface area contributed by atoms with Crippen molar-refractivity contribution in [3.05, 3.63) is 71.9 Å². The fourth-order valence-corrected chi connectivity index (χ4v) is 1.98. The van der Waals surface area contributed by atoms with Gasteiger partial charge in [0.1, 0.15) is 11.4 Å². The molecule has 0 bridgehead atoms. The van der Waals surface area contributed by atoms with E-state index in [-0.39, 0.29) is 5.75 Å². The Morgan fingerprint density at radius 1 is 0.842 bits per heavy atom. The standard InChI is InChI=1S/C17H13NO/c19-17-12-14-8-4-5-9-15(14)18-16(17)11-10-13-6-2-1-3-7-13/h1-12,19H/b11-10+. The number of hydrogen-bond donors (Lipinski definition) is 1. The van der Waals surface area contributed by atoms with Gasteiger partial charge in [0.05, 0.1) is 5.52 Å². The molecule has 0 saturated carbocycles. The molecule has 0 spiro atoms. The molecule has 1 N–H and O–H groups in total. The van der Waals surface area contributed by atoms with E-state index in [4.69, 9.17) is 0 Å². The van der Waals surface area contributed by atoms with Crippen LogP contribution in [0.4, 0.5) is 0 Å². The highest BCUT2D eigenvalue weighted by atomic mass is 16.3. The molecule has 19 heavy (non-hydrogen) atoms. The van der Waals surface area contributed by atoms with Gasteiger partial charge in [0, 0.05) is 5.39 Å². The van der Waals surface area contributed by atoms with E-state index in [2.05, 4.69) is 4.98 Å². The summed E-state index contributed by atoms with van der Waals surface area (Å²) >= 11 is 0. The van der Waals surface area contributed by atoms with E-state index >= 15 is 0 Å². The van der Waals surface area contributed by atoms with E-state index < -0.39 is 0 Å². The second-order valence-corrected chi connectivity index (χ2v) is 4.33. The number of pyridine rings is 1. The molecule has 2 aromatic carbocycles. The number of aromatic nitrogens is 1. The summed E-state index contributed by atoms with van der Waals surface area (Å²) in [5, 5.41) is 10.9. The maximum absolute atomic E-state index is 9.97. The summed E-state index contributed by atoms with van der Waals surface area (Å²) in [4.78, 5) is 4.45. The molecule has 2 heteroatoms. The van der Waals surface area contributed by atoms with Crippen LogP contribution in [0.1, 0.15) is 11.3 Å². The Bertz CT molecular complexity index is 733. The van der Waals surface area contributed by atoms with Crippen molar-refractivity contribution >= 4 is 23.1 Å². The minimum absolute atomic E-state index is 0.200. The van der Waals surface area contributed by atoms with Crippen LogP contribution < -0.4 is 0 Å². The molecule has 0 radical (unpaired) electrons. The molecule has 92 valence electrons. The van der Waals surface area contributed by atoms with Gasteiger partial charge in [0.25, 0.3) is 0 Å². The third kappa shape index (κ3) is 2.47. The van der Waals surface area contributed by atoms with Crippen LogP contribution in [0.3, 0.4) is 0 Å². The molecular formula is C17H13NO. The van der Waals surface area contributed by atoms with E-state index in [1.807, 2.05) is 66.7 Å². The van der Waals surface area contributed by atoms with Crippen molar-refractivity contribution in [1.29, 1.82) is 0 Å². The molecule has 3 rings (SSSR count). The van der Waals surface area contributed by atoms with Crippen molar-refractivity contribution < 1.29 is 5.11 Å². The molecule has 0 aliphatic heterocycles. The first-order valence-corrected chi connectivity index (χ1v) is 6.15. The molecule has 1 heterocycles. The van der Waals surface area contributed by atoms with E-state index in [1.165, 1.54) is 0 Å². The monoisotopic (exact) mass is 247 g/mol. The first kappa shape index (κ1) is 11.5. The van der Waals surface area contributed by atoms with Crippen molar-refractivity contribution in [1.82, 2.24) is 4.98 Å². The number of aromatic hydroxyl groups is 1.